The van der Waals surface area contributed by atoms with Gasteiger partial charge >= 0.3 is 5.97 Å². The molecule has 0 saturated carbocycles. The van der Waals surface area contributed by atoms with Crippen LogP contribution in [0.5, 0.6) is 0 Å². The summed E-state index contributed by atoms with van der Waals surface area (Å²) in [6, 6.07) is 2.00. The number of nitrogens with zero attached hydrogens (tertiary/aromatic N) is 4. The van der Waals surface area contributed by atoms with E-state index in [1.807, 2.05) is 33.8 Å². The minimum atomic E-state index is -1.09. The van der Waals surface area contributed by atoms with Crippen molar-refractivity contribution >= 4 is 17.3 Å². The lowest BCUT2D eigenvalue weighted by Crippen LogP contribution is -2.42. The van der Waals surface area contributed by atoms with Gasteiger partial charge < -0.3 is 5.11 Å². The molecule has 0 spiro atoms. The van der Waals surface area contributed by atoms with Crippen LogP contribution in [0.2, 0.25) is 0 Å². The Morgan fingerprint density at radius 3 is 2.50 bits per heavy atom. The van der Waals surface area contributed by atoms with Gasteiger partial charge in [0, 0.05) is 4.88 Å². The average molecular weight is 294 g/mol. The van der Waals surface area contributed by atoms with Crippen molar-refractivity contribution in [2.24, 2.45) is 0 Å². The molecule has 2 aromatic heterocycles. The van der Waals surface area contributed by atoms with Crippen molar-refractivity contribution in [3.8, 4) is 10.7 Å². The molecule has 0 saturated heterocycles. The molecule has 0 fully saturated rings. The Labute approximate surface area is 121 Å². The molecule has 0 atom stereocenters. The Hall–Kier alpha value is -1.76. The maximum Gasteiger partial charge on any atom is 0.331 e. The first-order valence-corrected chi connectivity index (χ1v) is 7.37. The summed E-state index contributed by atoms with van der Waals surface area (Å²) >= 11 is 1.58. The van der Waals surface area contributed by atoms with Gasteiger partial charge in [0.2, 0.25) is 0 Å². The molecular formula is C13H18N4O2S. The standard InChI is InChI=1S/C13H18N4O2S/c1-5-13(6-2,12(18)19)17-11(14-15-16-17)10-7-8(3)9(4)20-10/h7H,5-6H2,1-4H3,(H,18,19). The summed E-state index contributed by atoms with van der Waals surface area (Å²) in [4.78, 5) is 13.8. The van der Waals surface area contributed by atoms with E-state index in [-0.39, 0.29) is 0 Å². The number of carboxylic acids is 1. The number of thiophene rings is 1. The highest BCUT2D eigenvalue weighted by atomic mass is 32.1. The number of hydrogen-bond acceptors (Lipinski definition) is 5. The Bertz CT molecular complexity index is 609. The van der Waals surface area contributed by atoms with Gasteiger partial charge in [0.05, 0.1) is 4.88 Å². The molecular weight excluding hydrogens is 276 g/mol. The first-order chi connectivity index (χ1) is 9.46. The molecule has 7 heteroatoms. The van der Waals surface area contributed by atoms with Gasteiger partial charge in [-0.1, -0.05) is 13.8 Å². The summed E-state index contributed by atoms with van der Waals surface area (Å²) in [5.74, 6) is -0.377. The third-order valence-electron chi connectivity index (χ3n) is 3.83. The molecule has 0 aliphatic carbocycles. The van der Waals surface area contributed by atoms with Crippen molar-refractivity contribution in [3.63, 3.8) is 0 Å². The van der Waals surface area contributed by atoms with Crippen LogP contribution < -0.4 is 0 Å². The predicted octanol–water partition coefficient (Wildman–Crippen LogP) is 2.62. The number of aryl methyl sites for hydroxylation is 2. The fraction of sp³-hybridized carbons (Fsp3) is 0.538. The second kappa shape index (κ2) is 5.32. The molecule has 0 unspecified atom stereocenters. The lowest BCUT2D eigenvalue weighted by Gasteiger charge is -2.27. The first-order valence-electron chi connectivity index (χ1n) is 6.56. The second-order valence-electron chi connectivity index (χ2n) is 4.81. The van der Waals surface area contributed by atoms with Crippen LogP contribution in [0.4, 0.5) is 0 Å². The van der Waals surface area contributed by atoms with Gasteiger partial charge in [-0.2, -0.15) is 0 Å². The van der Waals surface area contributed by atoms with Gasteiger partial charge in [0.15, 0.2) is 11.4 Å². The Balaban J connectivity index is 2.60. The van der Waals surface area contributed by atoms with Gasteiger partial charge in [0.25, 0.3) is 0 Å². The Morgan fingerprint density at radius 1 is 1.40 bits per heavy atom. The van der Waals surface area contributed by atoms with Crippen LogP contribution in [0.3, 0.4) is 0 Å². The van der Waals surface area contributed by atoms with E-state index in [4.69, 9.17) is 0 Å². The van der Waals surface area contributed by atoms with Gasteiger partial charge in [-0.3, -0.25) is 0 Å². The topological polar surface area (TPSA) is 80.9 Å². The molecule has 0 aliphatic heterocycles. The fourth-order valence-electron chi connectivity index (χ4n) is 2.26. The molecule has 1 N–H and O–H groups in total. The van der Waals surface area contributed by atoms with Gasteiger partial charge in [-0.15, -0.1) is 16.4 Å². The van der Waals surface area contributed by atoms with E-state index in [0.29, 0.717) is 18.7 Å². The summed E-state index contributed by atoms with van der Waals surface area (Å²) in [5, 5.41) is 21.3. The molecule has 6 nitrogen and oxygen atoms in total. The van der Waals surface area contributed by atoms with Crippen LogP contribution in [0.25, 0.3) is 10.7 Å². The van der Waals surface area contributed by atoms with Crippen molar-refractivity contribution in [3.05, 3.63) is 16.5 Å². The van der Waals surface area contributed by atoms with E-state index in [2.05, 4.69) is 15.5 Å². The van der Waals surface area contributed by atoms with Crippen LogP contribution in [0.1, 0.15) is 37.1 Å². The Morgan fingerprint density at radius 2 is 2.05 bits per heavy atom. The van der Waals surface area contributed by atoms with Crippen LogP contribution in [-0.2, 0) is 10.3 Å². The minimum absolute atomic E-state index is 0.431. The van der Waals surface area contributed by atoms with E-state index in [1.165, 1.54) is 9.56 Å². The number of tetrazole rings is 1. The molecule has 2 aromatic rings. The number of aromatic nitrogens is 4. The monoisotopic (exact) mass is 294 g/mol. The summed E-state index contributed by atoms with van der Waals surface area (Å²) < 4.78 is 1.46. The highest BCUT2D eigenvalue weighted by Crippen LogP contribution is 2.33. The van der Waals surface area contributed by atoms with Crippen molar-refractivity contribution in [1.29, 1.82) is 0 Å². The second-order valence-corrected chi connectivity index (χ2v) is 6.06. The van der Waals surface area contributed by atoms with Crippen molar-refractivity contribution in [1.82, 2.24) is 20.2 Å². The average Bonchev–Trinajstić information content (AvgIpc) is 3.00. The van der Waals surface area contributed by atoms with E-state index in [9.17, 15) is 9.90 Å². The molecule has 0 amide bonds. The largest absolute Gasteiger partial charge is 0.479 e. The van der Waals surface area contributed by atoms with Crippen LogP contribution in [0, 0.1) is 13.8 Å². The molecule has 20 heavy (non-hydrogen) atoms. The predicted molar refractivity (Wildman–Crippen MR) is 76.8 cm³/mol. The zero-order chi connectivity index (χ0) is 14.9. The molecule has 0 aliphatic rings. The quantitative estimate of drug-likeness (QED) is 0.916. The van der Waals surface area contributed by atoms with Crippen molar-refractivity contribution < 1.29 is 9.90 Å². The lowest BCUT2D eigenvalue weighted by atomic mass is 9.93. The van der Waals surface area contributed by atoms with Crippen LogP contribution in [-0.4, -0.2) is 31.3 Å². The maximum atomic E-state index is 11.7. The van der Waals surface area contributed by atoms with Gasteiger partial charge in [-0.25, -0.2) is 9.48 Å². The lowest BCUT2D eigenvalue weighted by molar-refractivity contribution is -0.148. The van der Waals surface area contributed by atoms with Crippen molar-refractivity contribution in [2.45, 2.75) is 46.1 Å². The molecule has 2 rings (SSSR count). The minimum Gasteiger partial charge on any atom is -0.479 e. The summed E-state index contributed by atoms with van der Waals surface area (Å²) in [6.07, 6.45) is 0.862. The smallest absolute Gasteiger partial charge is 0.331 e. The normalized spacial score (nSPS) is 11.8. The van der Waals surface area contributed by atoms with Crippen molar-refractivity contribution in [2.75, 3.05) is 0 Å². The summed E-state index contributed by atoms with van der Waals surface area (Å²) in [7, 11) is 0. The molecule has 2 heterocycles. The van der Waals surface area contributed by atoms with E-state index in [1.54, 1.807) is 11.3 Å². The third-order valence-corrected chi connectivity index (χ3v) is 4.98. The van der Waals surface area contributed by atoms with Gasteiger partial charge in [-0.05, 0) is 48.7 Å². The number of hydrogen-bond donors (Lipinski definition) is 1. The van der Waals surface area contributed by atoms with E-state index >= 15 is 0 Å². The van der Waals surface area contributed by atoms with Crippen LogP contribution >= 0.6 is 11.3 Å². The van der Waals surface area contributed by atoms with Gasteiger partial charge in [0.1, 0.15) is 0 Å². The number of carboxylic acid groups (broad SMARTS) is 1. The number of rotatable bonds is 5. The SMILES string of the molecule is CCC(CC)(C(=O)O)n1nnnc1-c1cc(C)c(C)s1. The molecule has 108 valence electrons. The first kappa shape index (κ1) is 14.6. The maximum absolute atomic E-state index is 11.7. The van der Waals surface area contributed by atoms with Crippen LogP contribution in [0.15, 0.2) is 6.07 Å². The fourth-order valence-corrected chi connectivity index (χ4v) is 3.26. The third kappa shape index (κ3) is 2.11. The zero-order valence-corrected chi connectivity index (χ0v) is 12.9. The Kier molecular flexibility index (Phi) is 3.89. The highest BCUT2D eigenvalue weighted by molar-refractivity contribution is 7.15. The zero-order valence-electron chi connectivity index (χ0n) is 12.0. The number of aliphatic carboxylic acids is 1. The highest BCUT2D eigenvalue weighted by Gasteiger charge is 2.40. The number of carbonyl (C=O) groups is 1. The van der Waals surface area contributed by atoms with E-state index in [0.717, 1.165) is 10.4 Å². The summed E-state index contributed by atoms with van der Waals surface area (Å²) in [6.45, 7) is 7.73. The van der Waals surface area contributed by atoms with E-state index < -0.39 is 11.5 Å². The molecule has 0 bridgehead atoms. The summed E-state index contributed by atoms with van der Waals surface area (Å²) in [5.41, 5.74) is 0.0680. The molecule has 0 aromatic carbocycles. The molecule has 0 radical (unpaired) electrons.